The van der Waals surface area contributed by atoms with E-state index in [1.165, 1.54) is 0 Å². The molecule has 0 radical (unpaired) electrons. The Morgan fingerprint density at radius 3 is 3.05 bits per heavy atom. The second kappa shape index (κ2) is 6.13. The fraction of sp³-hybridized carbons (Fsp3) is 0.500. The lowest BCUT2D eigenvalue weighted by molar-refractivity contribution is 0.375. The first-order valence-corrected chi connectivity index (χ1v) is 8.81. The molecule has 6 nitrogen and oxygen atoms in total. The van der Waals surface area contributed by atoms with Crippen LogP contribution in [-0.2, 0) is 15.8 Å². The van der Waals surface area contributed by atoms with E-state index >= 15 is 0 Å². The maximum Gasteiger partial charge on any atom is 0.217 e. The Labute approximate surface area is 123 Å². The number of nitrogens with one attached hydrogen (secondary N) is 2. The minimum Gasteiger partial charge on any atom is -0.356 e. The molecule has 1 unspecified atom stereocenters. The zero-order valence-electron chi connectivity index (χ0n) is 11.7. The summed E-state index contributed by atoms with van der Waals surface area (Å²) in [5.74, 6) is 0.215. The SMILES string of the molecule is O=S(=O)(Cc1noc2ccccc12)NCC1CCCNC1. The van der Waals surface area contributed by atoms with E-state index in [-0.39, 0.29) is 5.75 Å². The molecule has 0 spiro atoms. The number of rotatable bonds is 5. The Hall–Kier alpha value is -1.44. The van der Waals surface area contributed by atoms with Gasteiger partial charge in [0.15, 0.2) is 5.58 Å². The van der Waals surface area contributed by atoms with Crippen LogP contribution in [0.1, 0.15) is 18.5 Å². The Morgan fingerprint density at radius 1 is 1.38 bits per heavy atom. The predicted molar refractivity (Wildman–Crippen MR) is 80.2 cm³/mol. The van der Waals surface area contributed by atoms with Crippen molar-refractivity contribution in [2.24, 2.45) is 5.92 Å². The van der Waals surface area contributed by atoms with Gasteiger partial charge in [-0.25, -0.2) is 13.1 Å². The van der Waals surface area contributed by atoms with Gasteiger partial charge in [0.25, 0.3) is 0 Å². The Kier molecular flexibility index (Phi) is 4.23. The molecule has 0 amide bonds. The Balaban J connectivity index is 1.65. The van der Waals surface area contributed by atoms with Crippen molar-refractivity contribution in [3.8, 4) is 0 Å². The van der Waals surface area contributed by atoms with E-state index in [0.29, 0.717) is 23.7 Å². The van der Waals surface area contributed by atoms with Crippen LogP contribution in [0.4, 0.5) is 0 Å². The van der Waals surface area contributed by atoms with E-state index in [0.717, 1.165) is 31.3 Å². The Bertz CT molecular complexity index is 705. The van der Waals surface area contributed by atoms with Gasteiger partial charge in [0.05, 0.1) is 0 Å². The predicted octanol–water partition coefficient (Wildman–Crippen LogP) is 1.25. The molecule has 1 atom stereocenters. The fourth-order valence-corrected chi connectivity index (χ4v) is 3.78. The van der Waals surface area contributed by atoms with Crippen molar-refractivity contribution in [3.05, 3.63) is 30.0 Å². The lowest BCUT2D eigenvalue weighted by atomic mass is 10.0. The van der Waals surface area contributed by atoms with Crippen LogP contribution in [0.15, 0.2) is 28.8 Å². The first-order valence-electron chi connectivity index (χ1n) is 7.15. The maximum atomic E-state index is 12.2. The highest BCUT2D eigenvalue weighted by atomic mass is 32.2. The van der Waals surface area contributed by atoms with Gasteiger partial charge < -0.3 is 9.84 Å². The molecule has 114 valence electrons. The number of nitrogens with zero attached hydrogens (tertiary/aromatic N) is 1. The number of benzene rings is 1. The average Bonchev–Trinajstić information content (AvgIpc) is 2.89. The molecule has 2 aromatic rings. The van der Waals surface area contributed by atoms with Gasteiger partial charge in [-0.05, 0) is 44.0 Å². The zero-order chi connectivity index (χ0) is 14.7. The monoisotopic (exact) mass is 309 g/mol. The van der Waals surface area contributed by atoms with Crippen LogP contribution in [0.3, 0.4) is 0 Å². The highest BCUT2D eigenvalue weighted by Crippen LogP contribution is 2.19. The molecule has 1 aliphatic rings. The van der Waals surface area contributed by atoms with Crippen molar-refractivity contribution in [2.45, 2.75) is 18.6 Å². The molecule has 1 aromatic heterocycles. The lowest BCUT2D eigenvalue weighted by Crippen LogP contribution is -2.38. The number of para-hydroxylation sites is 1. The summed E-state index contributed by atoms with van der Waals surface area (Å²) in [5.41, 5.74) is 1.07. The van der Waals surface area contributed by atoms with E-state index in [4.69, 9.17) is 4.52 Å². The summed E-state index contributed by atoms with van der Waals surface area (Å²) < 4.78 is 32.2. The summed E-state index contributed by atoms with van der Waals surface area (Å²) in [6.07, 6.45) is 2.16. The molecule has 3 rings (SSSR count). The highest BCUT2D eigenvalue weighted by molar-refractivity contribution is 7.88. The van der Waals surface area contributed by atoms with Gasteiger partial charge in [-0.1, -0.05) is 17.3 Å². The minimum atomic E-state index is -3.40. The van der Waals surface area contributed by atoms with Crippen LogP contribution < -0.4 is 10.0 Å². The topological polar surface area (TPSA) is 84.2 Å². The number of aromatic nitrogens is 1. The molecular formula is C14H19N3O3S. The van der Waals surface area contributed by atoms with Crippen molar-refractivity contribution in [1.82, 2.24) is 15.2 Å². The van der Waals surface area contributed by atoms with Gasteiger partial charge in [-0.2, -0.15) is 0 Å². The third-order valence-corrected chi connectivity index (χ3v) is 5.03. The van der Waals surface area contributed by atoms with E-state index in [1.807, 2.05) is 18.2 Å². The van der Waals surface area contributed by atoms with Crippen LogP contribution >= 0.6 is 0 Å². The summed E-state index contributed by atoms with van der Waals surface area (Å²) in [4.78, 5) is 0. The van der Waals surface area contributed by atoms with Crippen LogP contribution in [0, 0.1) is 5.92 Å². The highest BCUT2D eigenvalue weighted by Gasteiger charge is 2.20. The van der Waals surface area contributed by atoms with Crippen LogP contribution in [0.2, 0.25) is 0 Å². The molecule has 7 heteroatoms. The van der Waals surface area contributed by atoms with Gasteiger partial charge in [0.1, 0.15) is 11.4 Å². The molecule has 0 saturated carbocycles. The fourth-order valence-electron chi connectivity index (χ4n) is 2.62. The quantitative estimate of drug-likeness (QED) is 0.868. The largest absolute Gasteiger partial charge is 0.356 e. The van der Waals surface area contributed by atoms with E-state index in [1.54, 1.807) is 6.07 Å². The van der Waals surface area contributed by atoms with Crippen LogP contribution in [0.5, 0.6) is 0 Å². The van der Waals surface area contributed by atoms with Crippen molar-refractivity contribution >= 4 is 21.0 Å². The van der Waals surface area contributed by atoms with Crippen molar-refractivity contribution in [2.75, 3.05) is 19.6 Å². The summed E-state index contributed by atoms with van der Waals surface area (Å²) in [5, 5.41) is 7.90. The second-order valence-corrected chi connectivity index (χ2v) is 7.25. The second-order valence-electron chi connectivity index (χ2n) is 5.45. The molecule has 2 heterocycles. The normalized spacial score (nSPS) is 19.9. The van der Waals surface area contributed by atoms with Gasteiger partial charge in [0.2, 0.25) is 10.0 Å². The van der Waals surface area contributed by atoms with Crippen molar-refractivity contribution in [3.63, 3.8) is 0 Å². The number of hydrogen-bond donors (Lipinski definition) is 2. The molecule has 21 heavy (non-hydrogen) atoms. The number of piperidine rings is 1. The molecule has 1 saturated heterocycles. The van der Waals surface area contributed by atoms with E-state index in [2.05, 4.69) is 15.2 Å². The maximum absolute atomic E-state index is 12.2. The smallest absolute Gasteiger partial charge is 0.217 e. The summed E-state index contributed by atoms with van der Waals surface area (Å²) in [6.45, 7) is 2.37. The van der Waals surface area contributed by atoms with Gasteiger partial charge in [-0.3, -0.25) is 0 Å². The summed E-state index contributed by atoms with van der Waals surface area (Å²) in [7, 11) is -3.40. The summed E-state index contributed by atoms with van der Waals surface area (Å²) >= 11 is 0. The third kappa shape index (κ3) is 3.61. The summed E-state index contributed by atoms with van der Waals surface area (Å²) in [6, 6.07) is 7.28. The molecular weight excluding hydrogens is 290 g/mol. The standard InChI is InChI=1S/C14H19N3O3S/c18-21(19,16-9-11-4-3-7-15-8-11)10-13-12-5-1-2-6-14(12)20-17-13/h1-2,5-6,11,15-16H,3-4,7-10H2. The molecule has 2 N–H and O–H groups in total. The minimum absolute atomic E-state index is 0.149. The molecule has 0 aliphatic carbocycles. The molecule has 1 aromatic carbocycles. The van der Waals surface area contributed by atoms with E-state index in [9.17, 15) is 8.42 Å². The van der Waals surface area contributed by atoms with Gasteiger partial charge >= 0.3 is 0 Å². The lowest BCUT2D eigenvalue weighted by Gasteiger charge is -2.22. The third-order valence-electron chi connectivity index (χ3n) is 3.77. The number of fused-ring (bicyclic) bond motifs is 1. The van der Waals surface area contributed by atoms with Crippen LogP contribution in [-0.4, -0.2) is 33.2 Å². The molecule has 0 bridgehead atoms. The van der Waals surface area contributed by atoms with Gasteiger partial charge in [-0.15, -0.1) is 0 Å². The van der Waals surface area contributed by atoms with Crippen LogP contribution in [0.25, 0.3) is 11.0 Å². The van der Waals surface area contributed by atoms with Crippen molar-refractivity contribution in [1.29, 1.82) is 0 Å². The molecule has 1 fully saturated rings. The molecule has 1 aliphatic heterocycles. The Morgan fingerprint density at radius 2 is 2.24 bits per heavy atom. The first kappa shape index (κ1) is 14.5. The number of sulfonamides is 1. The zero-order valence-corrected chi connectivity index (χ0v) is 12.5. The van der Waals surface area contributed by atoms with E-state index < -0.39 is 10.0 Å². The number of hydrogen-bond acceptors (Lipinski definition) is 5. The van der Waals surface area contributed by atoms with Gasteiger partial charge in [0, 0.05) is 11.9 Å². The average molecular weight is 309 g/mol. The first-order chi connectivity index (χ1) is 10.1. The van der Waals surface area contributed by atoms with Crippen molar-refractivity contribution < 1.29 is 12.9 Å².